The maximum atomic E-state index is 13.1. The maximum Gasteiger partial charge on any atom is 0.245 e. The molecule has 3 rings (SSSR count). The van der Waals surface area contributed by atoms with E-state index in [-0.39, 0.29) is 28.4 Å². The number of nitrogens with zero attached hydrogens (tertiary/aromatic N) is 1. The number of fused-ring (bicyclic) bond motifs is 1. The van der Waals surface area contributed by atoms with Crippen molar-refractivity contribution in [3.63, 3.8) is 0 Å². The van der Waals surface area contributed by atoms with Gasteiger partial charge in [0.25, 0.3) is 0 Å². The fourth-order valence-electron chi connectivity index (χ4n) is 3.00. The Balaban J connectivity index is 0.00000192. The Morgan fingerprint density at radius 3 is 2.70 bits per heavy atom. The lowest BCUT2D eigenvalue weighted by Crippen LogP contribution is -2.46. The van der Waals surface area contributed by atoms with E-state index >= 15 is 0 Å². The first-order valence-electron chi connectivity index (χ1n) is 7.38. The van der Waals surface area contributed by atoms with Gasteiger partial charge in [0, 0.05) is 24.5 Å². The van der Waals surface area contributed by atoms with Gasteiger partial charge >= 0.3 is 0 Å². The van der Waals surface area contributed by atoms with Crippen LogP contribution in [0.5, 0.6) is 0 Å². The van der Waals surface area contributed by atoms with Gasteiger partial charge in [0.2, 0.25) is 10.0 Å². The summed E-state index contributed by atoms with van der Waals surface area (Å²) < 4.78 is 27.7. The molecule has 2 aromatic rings. The zero-order valence-corrected chi connectivity index (χ0v) is 15.2. The number of benzene rings is 2. The number of hydrogen-bond donors (Lipinski definition) is 1. The molecule has 0 spiro atoms. The summed E-state index contributed by atoms with van der Waals surface area (Å²) >= 11 is 6.26. The molecule has 1 fully saturated rings. The SMILES string of the molecule is CNC1CCCN(S(=O)(=O)c2c(Cl)ccc3ccccc23)C1.Cl. The van der Waals surface area contributed by atoms with Crippen molar-refractivity contribution in [2.45, 2.75) is 23.8 Å². The highest BCUT2D eigenvalue weighted by Crippen LogP contribution is 2.33. The topological polar surface area (TPSA) is 49.4 Å². The van der Waals surface area contributed by atoms with E-state index in [4.69, 9.17) is 11.6 Å². The Kier molecular flexibility index (Phi) is 5.92. The minimum Gasteiger partial charge on any atom is -0.316 e. The van der Waals surface area contributed by atoms with Crippen LogP contribution in [0.4, 0.5) is 0 Å². The van der Waals surface area contributed by atoms with Crippen LogP contribution in [0.3, 0.4) is 0 Å². The van der Waals surface area contributed by atoms with E-state index in [1.54, 1.807) is 10.4 Å². The minimum atomic E-state index is -3.60. The van der Waals surface area contributed by atoms with Crippen molar-refractivity contribution in [2.24, 2.45) is 0 Å². The number of piperidine rings is 1. The van der Waals surface area contributed by atoms with Gasteiger partial charge in [-0.25, -0.2) is 8.42 Å². The molecule has 1 aliphatic rings. The summed E-state index contributed by atoms with van der Waals surface area (Å²) in [5.41, 5.74) is 0. The van der Waals surface area contributed by atoms with E-state index in [9.17, 15) is 8.42 Å². The molecule has 0 aromatic heterocycles. The average molecular weight is 375 g/mol. The normalized spacial score (nSPS) is 19.5. The molecule has 7 heteroatoms. The van der Waals surface area contributed by atoms with E-state index in [1.165, 1.54) is 0 Å². The van der Waals surface area contributed by atoms with Gasteiger partial charge in [0.05, 0.1) is 5.02 Å². The minimum absolute atomic E-state index is 0. The molecule has 0 bridgehead atoms. The van der Waals surface area contributed by atoms with Crippen LogP contribution in [-0.4, -0.2) is 38.9 Å². The zero-order valence-electron chi connectivity index (χ0n) is 12.8. The van der Waals surface area contributed by atoms with Crippen molar-refractivity contribution in [3.8, 4) is 0 Å². The number of nitrogens with one attached hydrogen (secondary N) is 1. The molecule has 0 amide bonds. The number of sulfonamides is 1. The zero-order chi connectivity index (χ0) is 15.7. The summed E-state index contributed by atoms with van der Waals surface area (Å²) in [5.74, 6) is 0. The lowest BCUT2D eigenvalue weighted by molar-refractivity contribution is 0.293. The molecule has 1 atom stereocenters. The summed E-state index contributed by atoms with van der Waals surface area (Å²) in [6.07, 6.45) is 1.85. The van der Waals surface area contributed by atoms with E-state index in [0.717, 1.165) is 18.2 Å². The number of hydrogen-bond acceptors (Lipinski definition) is 3. The van der Waals surface area contributed by atoms with Crippen molar-refractivity contribution in [1.82, 2.24) is 9.62 Å². The molecule has 23 heavy (non-hydrogen) atoms. The van der Waals surface area contributed by atoms with E-state index in [0.29, 0.717) is 18.5 Å². The molecule has 126 valence electrons. The Morgan fingerprint density at radius 1 is 1.22 bits per heavy atom. The first-order chi connectivity index (χ1) is 10.5. The molecule has 1 saturated heterocycles. The number of rotatable bonds is 3. The van der Waals surface area contributed by atoms with Crippen LogP contribution in [0.15, 0.2) is 41.3 Å². The summed E-state index contributed by atoms with van der Waals surface area (Å²) in [6, 6.07) is 11.1. The predicted molar refractivity (Wildman–Crippen MR) is 97.0 cm³/mol. The van der Waals surface area contributed by atoms with Crippen LogP contribution in [0.25, 0.3) is 10.8 Å². The summed E-state index contributed by atoms with van der Waals surface area (Å²) in [7, 11) is -1.73. The van der Waals surface area contributed by atoms with Crippen LogP contribution >= 0.6 is 24.0 Å². The van der Waals surface area contributed by atoms with Gasteiger partial charge in [-0.3, -0.25) is 0 Å². The van der Waals surface area contributed by atoms with Gasteiger partial charge in [-0.2, -0.15) is 4.31 Å². The van der Waals surface area contributed by atoms with Gasteiger partial charge in [-0.15, -0.1) is 12.4 Å². The molecule has 1 heterocycles. The van der Waals surface area contributed by atoms with Gasteiger partial charge in [0.15, 0.2) is 0 Å². The smallest absolute Gasteiger partial charge is 0.245 e. The van der Waals surface area contributed by atoms with Gasteiger partial charge < -0.3 is 5.32 Å². The van der Waals surface area contributed by atoms with E-state index in [2.05, 4.69) is 5.32 Å². The first-order valence-corrected chi connectivity index (χ1v) is 9.20. The highest BCUT2D eigenvalue weighted by molar-refractivity contribution is 7.89. The second-order valence-electron chi connectivity index (χ2n) is 5.59. The average Bonchev–Trinajstić information content (AvgIpc) is 2.54. The monoisotopic (exact) mass is 374 g/mol. The van der Waals surface area contributed by atoms with Crippen LogP contribution < -0.4 is 5.32 Å². The Morgan fingerprint density at radius 2 is 1.96 bits per heavy atom. The van der Waals surface area contributed by atoms with Crippen molar-refractivity contribution < 1.29 is 8.42 Å². The van der Waals surface area contributed by atoms with Gasteiger partial charge in [-0.1, -0.05) is 41.9 Å². The van der Waals surface area contributed by atoms with Crippen LogP contribution in [0.2, 0.25) is 5.02 Å². The molecule has 4 nitrogen and oxygen atoms in total. The summed E-state index contributed by atoms with van der Waals surface area (Å²) in [4.78, 5) is 0.226. The molecule has 1 unspecified atom stereocenters. The molecule has 0 radical (unpaired) electrons. The third-order valence-electron chi connectivity index (χ3n) is 4.22. The Bertz CT molecular complexity index is 796. The van der Waals surface area contributed by atoms with Crippen LogP contribution in [0, 0.1) is 0 Å². The van der Waals surface area contributed by atoms with E-state index < -0.39 is 10.0 Å². The highest BCUT2D eigenvalue weighted by Gasteiger charge is 2.32. The fraction of sp³-hybridized carbons (Fsp3) is 0.375. The van der Waals surface area contributed by atoms with Crippen molar-refractivity contribution in [2.75, 3.05) is 20.1 Å². The molecule has 2 aromatic carbocycles. The van der Waals surface area contributed by atoms with Crippen molar-refractivity contribution >= 4 is 44.8 Å². The predicted octanol–water partition coefficient (Wildman–Crippen LogP) is 3.29. The molecular weight excluding hydrogens is 355 g/mol. The third-order valence-corrected chi connectivity index (χ3v) is 6.62. The quantitative estimate of drug-likeness (QED) is 0.896. The number of halogens is 2. The van der Waals surface area contributed by atoms with Crippen molar-refractivity contribution in [1.29, 1.82) is 0 Å². The lowest BCUT2D eigenvalue weighted by atomic mass is 10.1. The summed E-state index contributed by atoms with van der Waals surface area (Å²) in [5, 5.41) is 5.02. The Labute approximate surface area is 148 Å². The molecule has 0 saturated carbocycles. The third kappa shape index (κ3) is 3.49. The largest absolute Gasteiger partial charge is 0.316 e. The molecular formula is C16H20Cl2N2O2S. The Hall–Kier alpha value is -0.850. The molecule has 1 N–H and O–H groups in total. The second-order valence-corrected chi connectivity index (χ2v) is 7.87. The second kappa shape index (κ2) is 7.36. The van der Waals surface area contributed by atoms with E-state index in [1.807, 2.05) is 37.4 Å². The van der Waals surface area contributed by atoms with Crippen LogP contribution in [-0.2, 0) is 10.0 Å². The standard InChI is InChI=1S/C16H19ClN2O2S.ClH/c1-18-13-6-4-10-19(11-13)22(20,21)16-14-7-3-2-5-12(14)8-9-15(16)17;/h2-3,5,7-9,13,18H,4,6,10-11H2,1H3;1H. The molecule has 0 aliphatic carbocycles. The fourth-order valence-corrected chi connectivity index (χ4v) is 5.24. The summed E-state index contributed by atoms with van der Waals surface area (Å²) in [6.45, 7) is 1.03. The number of likely N-dealkylation sites (N-methyl/N-ethyl adjacent to an activating group) is 1. The lowest BCUT2D eigenvalue weighted by Gasteiger charge is -2.32. The molecule has 1 aliphatic heterocycles. The highest BCUT2D eigenvalue weighted by atomic mass is 35.5. The van der Waals surface area contributed by atoms with Crippen LogP contribution in [0.1, 0.15) is 12.8 Å². The van der Waals surface area contributed by atoms with Gasteiger partial charge in [-0.05, 0) is 31.3 Å². The van der Waals surface area contributed by atoms with Crippen molar-refractivity contribution in [3.05, 3.63) is 41.4 Å². The van der Waals surface area contributed by atoms with Gasteiger partial charge in [0.1, 0.15) is 4.90 Å². The maximum absolute atomic E-state index is 13.1. The first kappa shape index (κ1) is 18.5.